The maximum absolute atomic E-state index is 12.2. The lowest BCUT2D eigenvalue weighted by Crippen LogP contribution is -2.58. The Morgan fingerprint density at radius 2 is 1.43 bits per heavy atom. The second-order valence-corrected chi connectivity index (χ2v) is 8.92. The zero-order chi connectivity index (χ0) is 16.0. The van der Waals surface area contributed by atoms with E-state index in [-0.39, 0.29) is 11.8 Å². The molecule has 0 spiro atoms. The molecule has 0 aromatic heterocycles. The van der Waals surface area contributed by atoms with Crippen LogP contribution in [0, 0.1) is 35.5 Å². The summed E-state index contributed by atoms with van der Waals surface area (Å²) in [7, 11) is 0. The van der Waals surface area contributed by atoms with Crippen LogP contribution < -0.4 is 0 Å². The van der Waals surface area contributed by atoms with Gasteiger partial charge in [0.2, 0.25) is 0 Å². The summed E-state index contributed by atoms with van der Waals surface area (Å²) in [5.74, 6) is 1.90. The van der Waals surface area contributed by atoms with Crippen LogP contribution in [-0.2, 0) is 4.79 Å². The second-order valence-electron chi connectivity index (χ2n) is 8.92. The molecule has 0 radical (unpaired) electrons. The Balaban J connectivity index is 1.64. The highest BCUT2D eigenvalue weighted by Gasteiger charge is 2.58. The molecule has 4 aliphatic rings. The van der Waals surface area contributed by atoms with Gasteiger partial charge < -0.3 is 10.2 Å². The zero-order valence-electron chi connectivity index (χ0n) is 14.3. The molecule has 2 N–H and O–H groups in total. The van der Waals surface area contributed by atoms with Crippen LogP contribution in [0.3, 0.4) is 0 Å². The third kappa shape index (κ3) is 2.45. The third-order valence-electron chi connectivity index (χ3n) is 8.10. The Bertz CT molecular complexity index is 450. The molecule has 0 heterocycles. The first-order valence-corrected chi connectivity index (χ1v) is 10.1. The Morgan fingerprint density at radius 1 is 0.783 bits per heavy atom. The fourth-order valence-electron chi connectivity index (χ4n) is 7.18. The summed E-state index contributed by atoms with van der Waals surface area (Å²) in [4.78, 5) is 12.2. The molecule has 6 atom stereocenters. The Kier molecular flexibility index (Phi) is 4.19. The SMILES string of the molecule is O=C(O)[C@@](O)(C1CCCCC1)[C@@H]1CC[C@@H]2CC[C@H]3CCC[C@H]1[C@@H]32. The summed E-state index contributed by atoms with van der Waals surface area (Å²) in [5.41, 5.74) is -1.46. The van der Waals surface area contributed by atoms with E-state index in [4.69, 9.17) is 0 Å². The van der Waals surface area contributed by atoms with Gasteiger partial charge in [-0.1, -0.05) is 32.1 Å². The van der Waals surface area contributed by atoms with Gasteiger partial charge in [-0.15, -0.1) is 0 Å². The van der Waals surface area contributed by atoms with Gasteiger partial charge in [0.25, 0.3) is 0 Å². The largest absolute Gasteiger partial charge is 0.479 e. The van der Waals surface area contributed by atoms with Gasteiger partial charge in [0.05, 0.1) is 0 Å². The van der Waals surface area contributed by atoms with Gasteiger partial charge in [-0.25, -0.2) is 4.79 Å². The van der Waals surface area contributed by atoms with Gasteiger partial charge in [-0.2, -0.15) is 0 Å². The van der Waals surface area contributed by atoms with Crippen LogP contribution in [0.5, 0.6) is 0 Å². The minimum atomic E-state index is -1.46. The predicted octanol–water partition coefficient (Wildman–Crippen LogP) is 4.23. The van der Waals surface area contributed by atoms with Crippen molar-refractivity contribution in [2.75, 3.05) is 0 Å². The van der Waals surface area contributed by atoms with Crippen molar-refractivity contribution in [2.45, 2.75) is 82.7 Å². The topological polar surface area (TPSA) is 57.5 Å². The minimum absolute atomic E-state index is 0.00486. The number of carboxylic acids is 1. The van der Waals surface area contributed by atoms with E-state index in [1.807, 2.05) is 0 Å². The highest BCUT2D eigenvalue weighted by molar-refractivity contribution is 5.78. The van der Waals surface area contributed by atoms with Gasteiger partial charge in [0.1, 0.15) is 0 Å². The van der Waals surface area contributed by atoms with Gasteiger partial charge in [0.15, 0.2) is 5.60 Å². The maximum Gasteiger partial charge on any atom is 0.336 e. The van der Waals surface area contributed by atoms with Gasteiger partial charge in [-0.05, 0) is 74.5 Å². The van der Waals surface area contributed by atoms with Crippen LogP contribution in [-0.4, -0.2) is 21.8 Å². The van der Waals surface area contributed by atoms with Gasteiger partial charge >= 0.3 is 5.97 Å². The average Bonchev–Trinajstić information content (AvgIpc) is 3.00. The first-order valence-electron chi connectivity index (χ1n) is 10.1. The maximum atomic E-state index is 12.2. The summed E-state index contributed by atoms with van der Waals surface area (Å²) in [6.45, 7) is 0. The van der Waals surface area contributed by atoms with Crippen LogP contribution >= 0.6 is 0 Å². The van der Waals surface area contributed by atoms with Crippen LogP contribution in [0.15, 0.2) is 0 Å². The fourth-order valence-corrected chi connectivity index (χ4v) is 7.18. The van der Waals surface area contributed by atoms with Crippen molar-refractivity contribution < 1.29 is 15.0 Å². The van der Waals surface area contributed by atoms with Gasteiger partial charge in [-0.3, -0.25) is 0 Å². The van der Waals surface area contributed by atoms with E-state index in [0.717, 1.165) is 62.7 Å². The molecule has 0 aromatic carbocycles. The highest BCUT2D eigenvalue weighted by atomic mass is 16.4. The van der Waals surface area contributed by atoms with E-state index in [0.29, 0.717) is 5.92 Å². The average molecular weight is 320 g/mol. The number of aliphatic carboxylic acids is 1. The molecule has 4 fully saturated rings. The first-order chi connectivity index (χ1) is 11.1. The lowest BCUT2D eigenvalue weighted by Gasteiger charge is -2.52. The smallest absolute Gasteiger partial charge is 0.336 e. The van der Waals surface area contributed by atoms with Crippen molar-refractivity contribution in [2.24, 2.45) is 35.5 Å². The molecule has 0 saturated heterocycles. The van der Waals surface area contributed by atoms with E-state index in [1.54, 1.807) is 0 Å². The minimum Gasteiger partial charge on any atom is -0.479 e. The Morgan fingerprint density at radius 3 is 2.13 bits per heavy atom. The van der Waals surface area contributed by atoms with Crippen molar-refractivity contribution in [1.29, 1.82) is 0 Å². The summed E-state index contributed by atoms with van der Waals surface area (Å²) < 4.78 is 0. The van der Waals surface area contributed by atoms with E-state index >= 15 is 0 Å². The molecular weight excluding hydrogens is 288 g/mol. The molecule has 130 valence electrons. The molecule has 0 aliphatic heterocycles. The molecule has 3 nitrogen and oxygen atoms in total. The van der Waals surface area contributed by atoms with Crippen molar-refractivity contribution in [3.05, 3.63) is 0 Å². The Hall–Kier alpha value is -0.570. The number of hydrogen-bond donors (Lipinski definition) is 2. The highest BCUT2D eigenvalue weighted by Crippen LogP contribution is 2.59. The molecule has 3 heteroatoms. The van der Waals surface area contributed by atoms with E-state index < -0.39 is 11.6 Å². The van der Waals surface area contributed by atoms with E-state index in [9.17, 15) is 15.0 Å². The van der Waals surface area contributed by atoms with Crippen LogP contribution in [0.25, 0.3) is 0 Å². The summed E-state index contributed by atoms with van der Waals surface area (Å²) in [5, 5.41) is 21.5. The molecule has 0 amide bonds. The quantitative estimate of drug-likeness (QED) is 0.818. The van der Waals surface area contributed by atoms with Crippen molar-refractivity contribution in [3.8, 4) is 0 Å². The number of carboxylic acid groups (broad SMARTS) is 1. The summed E-state index contributed by atoms with van der Waals surface area (Å²) in [6.07, 6.45) is 13.8. The summed E-state index contributed by atoms with van der Waals surface area (Å²) in [6, 6.07) is 0. The first kappa shape index (κ1) is 15.9. The molecule has 4 aliphatic carbocycles. The monoisotopic (exact) mass is 320 g/mol. The molecule has 0 bridgehead atoms. The van der Waals surface area contributed by atoms with Crippen LogP contribution in [0.1, 0.15) is 77.0 Å². The molecular formula is C20H32O3. The van der Waals surface area contributed by atoms with Crippen LogP contribution in [0.4, 0.5) is 0 Å². The second kappa shape index (κ2) is 6.06. The van der Waals surface area contributed by atoms with Gasteiger partial charge in [0, 0.05) is 5.92 Å². The fraction of sp³-hybridized carbons (Fsp3) is 0.950. The number of rotatable bonds is 3. The van der Waals surface area contributed by atoms with Crippen molar-refractivity contribution in [3.63, 3.8) is 0 Å². The third-order valence-corrected chi connectivity index (χ3v) is 8.10. The number of carbonyl (C=O) groups is 1. The number of hydrogen-bond acceptors (Lipinski definition) is 2. The predicted molar refractivity (Wildman–Crippen MR) is 88.9 cm³/mol. The number of aliphatic hydroxyl groups is 1. The molecule has 0 aromatic rings. The van der Waals surface area contributed by atoms with Crippen molar-refractivity contribution in [1.82, 2.24) is 0 Å². The lowest BCUT2D eigenvalue weighted by molar-refractivity contribution is -0.188. The lowest BCUT2D eigenvalue weighted by atomic mass is 9.54. The normalized spacial score (nSPS) is 43.6. The summed E-state index contributed by atoms with van der Waals surface area (Å²) >= 11 is 0. The van der Waals surface area contributed by atoms with Crippen molar-refractivity contribution >= 4 is 5.97 Å². The zero-order valence-corrected chi connectivity index (χ0v) is 14.3. The molecule has 4 rings (SSSR count). The van der Waals surface area contributed by atoms with E-state index in [2.05, 4.69) is 0 Å². The molecule has 0 unspecified atom stereocenters. The Labute approximate surface area is 139 Å². The molecule has 23 heavy (non-hydrogen) atoms. The molecule has 4 saturated carbocycles. The standard InChI is InChI=1S/C20H32O3/c21-19(22)20(23,15-6-2-1-3-7-15)17-12-11-14-10-9-13-5-4-8-16(17)18(13)14/h13-18,23H,1-12H2,(H,21,22)/t13-,14+,16-,17-,18+,20-/m1/s1. The van der Waals surface area contributed by atoms with Crippen LogP contribution in [0.2, 0.25) is 0 Å². The van der Waals surface area contributed by atoms with E-state index in [1.165, 1.54) is 32.1 Å².